The van der Waals surface area contributed by atoms with Gasteiger partial charge in [0.2, 0.25) is 0 Å². The Bertz CT molecular complexity index is 371. The molecule has 0 bridgehead atoms. The summed E-state index contributed by atoms with van der Waals surface area (Å²) in [4.78, 5) is 2.45. The van der Waals surface area contributed by atoms with Crippen LogP contribution in [0, 0.1) is 20.8 Å². The summed E-state index contributed by atoms with van der Waals surface area (Å²) < 4.78 is 0. The van der Waals surface area contributed by atoms with Crippen LogP contribution >= 0.6 is 0 Å². The second-order valence-electron chi connectivity index (χ2n) is 5.52. The number of hydrogen-bond donors (Lipinski definition) is 1. The van der Waals surface area contributed by atoms with Crippen LogP contribution in [0.2, 0.25) is 0 Å². The van der Waals surface area contributed by atoms with Gasteiger partial charge in [0.05, 0.1) is 0 Å². The zero-order valence-electron chi connectivity index (χ0n) is 13.5. The third kappa shape index (κ3) is 4.63. The maximum absolute atomic E-state index is 3.66. The first kappa shape index (κ1) is 16.2. The molecule has 0 fully saturated rings. The summed E-state index contributed by atoms with van der Waals surface area (Å²) in [7, 11) is 0. The predicted molar refractivity (Wildman–Crippen MR) is 84.9 cm³/mol. The van der Waals surface area contributed by atoms with Crippen molar-refractivity contribution >= 4 is 0 Å². The maximum atomic E-state index is 3.66. The van der Waals surface area contributed by atoms with Gasteiger partial charge in [-0.1, -0.05) is 31.5 Å². The molecule has 1 rings (SSSR count). The molecule has 0 saturated carbocycles. The third-order valence-electron chi connectivity index (χ3n) is 3.94. The van der Waals surface area contributed by atoms with E-state index in [1.807, 2.05) is 0 Å². The van der Waals surface area contributed by atoms with E-state index in [4.69, 9.17) is 0 Å². The Labute approximate surface area is 119 Å². The van der Waals surface area contributed by atoms with E-state index in [1.165, 1.54) is 22.3 Å². The van der Waals surface area contributed by atoms with Crippen molar-refractivity contribution < 1.29 is 0 Å². The van der Waals surface area contributed by atoms with Gasteiger partial charge in [0.1, 0.15) is 0 Å². The van der Waals surface area contributed by atoms with Gasteiger partial charge in [-0.3, -0.25) is 0 Å². The van der Waals surface area contributed by atoms with Gasteiger partial charge < -0.3 is 10.2 Å². The summed E-state index contributed by atoms with van der Waals surface area (Å²) in [5, 5.41) is 3.66. The normalized spacial score (nSPS) is 13.0. The van der Waals surface area contributed by atoms with E-state index in [9.17, 15) is 0 Å². The van der Waals surface area contributed by atoms with Gasteiger partial charge in [-0.15, -0.1) is 0 Å². The van der Waals surface area contributed by atoms with Crippen LogP contribution < -0.4 is 5.32 Å². The van der Waals surface area contributed by atoms with E-state index in [0.29, 0.717) is 6.04 Å². The average Bonchev–Trinajstić information content (AvgIpc) is 2.33. The molecule has 0 aromatic heterocycles. The van der Waals surface area contributed by atoms with Crippen molar-refractivity contribution in [3.05, 3.63) is 34.4 Å². The van der Waals surface area contributed by atoms with Crippen molar-refractivity contribution in [2.45, 2.75) is 47.6 Å². The third-order valence-corrected chi connectivity index (χ3v) is 3.94. The summed E-state index contributed by atoms with van der Waals surface area (Å²) in [5.74, 6) is 0. The van der Waals surface area contributed by atoms with Crippen LogP contribution in [0.4, 0.5) is 0 Å². The number of nitrogens with one attached hydrogen (secondary N) is 1. The second-order valence-corrected chi connectivity index (χ2v) is 5.52. The lowest BCUT2D eigenvalue weighted by atomic mass is 9.95. The highest BCUT2D eigenvalue weighted by Gasteiger charge is 2.11. The molecular formula is C17H30N2. The van der Waals surface area contributed by atoms with Crippen LogP contribution in [0.3, 0.4) is 0 Å². The van der Waals surface area contributed by atoms with Crippen molar-refractivity contribution in [2.75, 3.05) is 26.2 Å². The summed E-state index contributed by atoms with van der Waals surface area (Å²) >= 11 is 0. The average molecular weight is 262 g/mol. The first-order valence-corrected chi connectivity index (χ1v) is 7.53. The molecule has 1 unspecified atom stereocenters. The smallest absolute Gasteiger partial charge is 0.0297 e. The first-order valence-electron chi connectivity index (χ1n) is 7.53. The topological polar surface area (TPSA) is 15.3 Å². The molecule has 0 aliphatic carbocycles. The fourth-order valence-electron chi connectivity index (χ4n) is 2.96. The molecule has 1 N–H and O–H groups in total. The van der Waals surface area contributed by atoms with Gasteiger partial charge in [0.15, 0.2) is 0 Å². The van der Waals surface area contributed by atoms with E-state index in [1.54, 1.807) is 0 Å². The molecule has 2 nitrogen and oxygen atoms in total. The van der Waals surface area contributed by atoms with E-state index >= 15 is 0 Å². The minimum atomic E-state index is 0.427. The van der Waals surface area contributed by atoms with Crippen molar-refractivity contribution in [2.24, 2.45) is 0 Å². The SMILES string of the molecule is CCN(CC)CCNC(C)c1c(C)cc(C)cc1C. The molecule has 19 heavy (non-hydrogen) atoms. The Morgan fingerprint density at radius 1 is 1.05 bits per heavy atom. The Kier molecular flexibility index (Phi) is 6.53. The van der Waals surface area contributed by atoms with E-state index in [-0.39, 0.29) is 0 Å². The van der Waals surface area contributed by atoms with Crippen LogP contribution in [0.1, 0.15) is 49.1 Å². The van der Waals surface area contributed by atoms with E-state index < -0.39 is 0 Å². The van der Waals surface area contributed by atoms with Gasteiger partial charge in [0.25, 0.3) is 0 Å². The Morgan fingerprint density at radius 2 is 1.58 bits per heavy atom. The fraction of sp³-hybridized carbons (Fsp3) is 0.647. The largest absolute Gasteiger partial charge is 0.309 e. The Hall–Kier alpha value is -0.860. The van der Waals surface area contributed by atoms with Gasteiger partial charge in [-0.25, -0.2) is 0 Å². The lowest BCUT2D eigenvalue weighted by molar-refractivity contribution is 0.298. The quantitative estimate of drug-likeness (QED) is 0.807. The van der Waals surface area contributed by atoms with Crippen LogP contribution in [0.25, 0.3) is 0 Å². The summed E-state index contributed by atoms with van der Waals surface area (Å²) in [6.07, 6.45) is 0. The van der Waals surface area contributed by atoms with Gasteiger partial charge >= 0.3 is 0 Å². The number of rotatable bonds is 7. The van der Waals surface area contributed by atoms with E-state index in [2.05, 4.69) is 63.9 Å². The van der Waals surface area contributed by atoms with Crippen LogP contribution in [0.5, 0.6) is 0 Å². The molecule has 0 spiro atoms. The summed E-state index contributed by atoms with van der Waals surface area (Å²) in [5.41, 5.74) is 5.62. The number of aryl methyl sites for hydroxylation is 3. The Balaban J connectivity index is 2.61. The maximum Gasteiger partial charge on any atom is 0.0297 e. The zero-order chi connectivity index (χ0) is 14.4. The molecule has 108 valence electrons. The molecule has 0 heterocycles. The molecular weight excluding hydrogens is 232 g/mol. The van der Waals surface area contributed by atoms with Crippen molar-refractivity contribution in [1.29, 1.82) is 0 Å². The number of likely N-dealkylation sites (N-methyl/N-ethyl adjacent to an activating group) is 1. The lowest BCUT2D eigenvalue weighted by Gasteiger charge is -2.23. The van der Waals surface area contributed by atoms with Gasteiger partial charge in [0, 0.05) is 19.1 Å². The number of hydrogen-bond acceptors (Lipinski definition) is 2. The molecule has 0 aliphatic heterocycles. The minimum absolute atomic E-state index is 0.427. The second kappa shape index (κ2) is 7.66. The van der Waals surface area contributed by atoms with E-state index in [0.717, 1.165) is 26.2 Å². The van der Waals surface area contributed by atoms with Gasteiger partial charge in [-0.2, -0.15) is 0 Å². The van der Waals surface area contributed by atoms with Crippen LogP contribution in [0.15, 0.2) is 12.1 Å². The highest BCUT2D eigenvalue weighted by Crippen LogP contribution is 2.23. The predicted octanol–water partition coefficient (Wildman–Crippen LogP) is 3.60. The molecule has 0 amide bonds. The minimum Gasteiger partial charge on any atom is -0.309 e. The first-order chi connectivity index (χ1) is 8.99. The monoisotopic (exact) mass is 262 g/mol. The molecule has 0 aliphatic rings. The highest BCUT2D eigenvalue weighted by molar-refractivity contribution is 5.39. The summed E-state index contributed by atoms with van der Waals surface area (Å²) in [6, 6.07) is 4.99. The molecule has 1 aromatic carbocycles. The molecule has 1 atom stereocenters. The standard InChI is InChI=1S/C17H30N2/c1-7-19(8-2)10-9-18-16(6)17-14(4)11-13(3)12-15(17)5/h11-12,16,18H,7-10H2,1-6H3. The number of benzene rings is 1. The number of nitrogens with zero attached hydrogens (tertiary/aromatic N) is 1. The zero-order valence-corrected chi connectivity index (χ0v) is 13.5. The molecule has 2 heteroatoms. The molecule has 0 radical (unpaired) electrons. The van der Waals surface area contributed by atoms with Crippen molar-refractivity contribution in [3.63, 3.8) is 0 Å². The van der Waals surface area contributed by atoms with Gasteiger partial charge in [-0.05, 0) is 57.5 Å². The van der Waals surface area contributed by atoms with Crippen LogP contribution in [-0.4, -0.2) is 31.1 Å². The Morgan fingerprint density at radius 3 is 2.05 bits per heavy atom. The van der Waals surface area contributed by atoms with Crippen molar-refractivity contribution in [3.8, 4) is 0 Å². The van der Waals surface area contributed by atoms with Crippen LogP contribution in [-0.2, 0) is 0 Å². The highest BCUT2D eigenvalue weighted by atomic mass is 15.1. The lowest BCUT2D eigenvalue weighted by Crippen LogP contribution is -2.33. The molecule has 1 aromatic rings. The van der Waals surface area contributed by atoms with Crippen molar-refractivity contribution in [1.82, 2.24) is 10.2 Å². The molecule has 0 saturated heterocycles. The summed E-state index contributed by atoms with van der Waals surface area (Å²) in [6.45, 7) is 17.8. The fourth-order valence-corrected chi connectivity index (χ4v) is 2.96.